The van der Waals surface area contributed by atoms with Crippen LogP contribution >= 0.6 is 0 Å². The summed E-state index contributed by atoms with van der Waals surface area (Å²) < 4.78 is 0. The fourth-order valence-corrected chi connectivity index (χ4v) is 1.58. The van der Waals surface area contributed by atoms with Gasteiger partial charge in [-0.25, -0.2) is 0 Å². The first-order chi connectivity index (χ1) is 9.77. The zero-order valence-electron chi connectivity index (χ0n) is 12.5. The van der Waals surface area contributed by atoms with Gasteiger partial charge in [-0.3, -0.25) is 9.59 Å². The van der Waals surface area contributed by atoms with Crippen molar-refractivity contribution in [1.82, 2.24) is 5.32 Å². The predicted octanol–water partition coefficient (Wildman–Crippen LogP) is 0.723. The van der Waals surface area contributed by atoms with Crippen molar-refractivity contribution in [3.8, 4) is 11.8 Å². The topological polar surface area (TPSA) is 92.4 Å². The first-order valence-electron chi connectivity index (χ1n) is 6.60. The van der Waals surface area contributed by atoms with E-state index in [4.69, 9.17) is 10.8 Å². The number of aliphatic hydroxyl groups is 1. The number of amides is 2. The van der Waals surface area contributed by atoms with Crippen LogP contribution < -0.4 is 11.1 Å². The molecule has 1 aromatic carbocycles. The van der Waals surface area contributed by atoms with Gasteiger partial charge in [0.2, 0.25) is 5.91 Å². The average Bonchev–Trinajstić information content (AvgIpc) is 2.39. The Hall–Kier alpha value is -2.32. The third-order valence-electron chi connectivity index (χ3n) is 2.92. The molecule has 0 heterocycles. The van der Waals surface area contributed by atoms with E-state index in [1.165, 1.54) is 0 Å². The van der Waals surface area contributed by atoms with Crippen LogP contribution in [0.1, 0.15) is 41.8 Å². The SMILES string of the molecule is Cc1ccc(C#CCCO)c(C(=O)NC(C)(C)C(N)=O)c1. The molecule has 1 rings (SSSR count). The van der Waals surface area contributed by atoms with E-state index in [1.54, 1.807) is 26.0 Å². The molecule has 0 aliphatic heterocycles. The van der Waals surface area contributed by atoms with E-state index in [-0.39, 0.29) is 6.61 Å². The van der Waals surface area contributed by atoms with Crippen molar-refractivity contribution >= 4 is 11.8 Å². The molecular formula is C16H20N2O3. The van der Waals surface area contributed by atoms with Gasteiger partial charge in [-0.15, -0.1) is 0 Å². The third-order valence-corrected chi connectivity index (χ3v) is 2.92. The van der Waals surface area contributed by atoms with Gasteiger partial charge in [-0.2, -0.15) is 0 Å². The highest BCUT2D eigenvalue weighted by atomic mass is 16.2. The van der Waals surface area contributed by atoms with Gasteiger partial charge in [0.25, 0.3) is 5.91 Å². The molecule has 5 heteroatoms. The highest BCUT2D eigenvalue weighted by molar-refractivity contribution is 6.00. The predicted molar refractivity (Wildman–Crippen MR) is 80.5 cm³/mol. The van der Waals surface area contributed by atoms with Gasteiger partial charge in [-0.1, -0.05) is 23.5 Å². The smallest absolute Gasteiger partial charge is 0.253 e. The Labute approximate surface area is 124 Å². The molecule has 0 aliphatic rings. The van der Waals surface area contributed by atoms with Crippen LogP contribution in [0.25, 0.3) is 0 Å². The minimum atomic E-state index is -1.14. The number of nitrogens with two attached hydrogens (primary N) is 1. The lowest BCUT2D eigenvalue weighted by molar-refractivity contribution is -0.122. The van der Waals surface area contributed by atoms with Crippen molar-refractivity contribution in [3.05, 3.63) is 34.9 Å². The minimum absolute atomic E-state index is 0.0326. The van der Waals surface area contributed by atoms with E-state index in [0.29, 0.717) is 17.5 Å². The van der Waals surface area contributed by atoms with Crippen LogP contribution in [-0.4, -0.2) is 29.1 Å². The second kappa shape index (κ2) is 6.91. The molecule has 0 saturated carbocycles. The molecule has 0 atom stereocenters. The number of hydrogen-bond acceptors (Lipinski definition) is 3. The summed E-state index contributed by atoms with van der Waals surface area (Å²) in [6.07, 6.45) is 0.335. The van der Waals surface area contributed by atoms with Crippen LogP contribution in [0.15, 0.2) is 18.2 Å². The molecule has 0 spiro atoms. The number of carbonyl (C=O) groups excluding carboxylic acids is 2. The zero-order chi connectivity index (χ0) is 16.0. The Morgan fingerprint density at radius 1 is 1.38 bits per heavy atom. The molecule has 0 aliphatic carbocycles. The summed E-state index contributed by atoms with van der Waals surface area (Å²) >= 11 is 0. The summed E-state index contributed by atoms with van der Waals surface area (Å²) in [6.45, 7) is 4.91. The van der Waals surface area contributed by atoms with Crippen LogP contribution in [0.5, 0.6) is 0 Å². The lowest BCUT2D eigenvalue weighted by atomic mass is 10.0. The maximum Gasteiger partial charge on any atom is 0.253 e. The Morgan fingerprint density at radius 2 is 2.05 bits per heavy atom. The van der Waals surface area contributed by atoms with Crippen LogP contribution in [0, 0.1) is 18.8 Å². The highest BCUT2D eigenvalue weighted by Crippen LogP contribution is 2.13. The Bertz CT molecular complexity index is 610. The quantitative estimate of drug-likeness (QED) is 0.713. The van der Waals surface area contributed by atoms with Gasteiger partial charge in [-0.05, 0) is 32.9 Å². The number of rotatable bonds is 4. The van der Waals surface area contributed by atoms with E-state index in [9.17, 15) is 9.59 Å². The van der Waals surface area contributed by atoms with E-state index in [2.05, 4.69) is 17.2 Å². The normalized spacial score (nSPS) is 10.5. The van der Waals surface area contributed by atoms with Gasteiger partial charge >= 0.3 is 0 Å². The number of nitrogens with one attached hydrogen (secondary N) is 1. The zero-order valence-corrected chi connectivity index (χ0v) is 12.5. The maximum atomic E-state index is 12.3. The van der Waals surface area contributed by atoms with Crippen molar-refractivity contribution in [2.24, 2.45) is 5.73 Å². The average molecular weight is 288 g/mol. The molecule has 0 unspecified atom stereocenters. The standard InChI is InChI=1S/C16H20N2O3/c1-11-7-8-12(6-4-5-9-19)13(10-11)14(20)18-16(2,3)15(17)21/h7-8,10,19H,5,9H2,1-3H3,(H2,17,21)(H,18,20). The number of aryl methyl sites for hydroxylation is 1. The third kappa shape index (κ3) is 4.62. The number of benzene rings is 1. The lowest BCUT2D eigenvalue weighted by Gasteiger charge is -2.22. The number of hydrogen-bond donors (Lipinski definition) is 3. The molecule has 0 fully saturated rings. The van der Waals surface area contributed by atoms with Crippen molar-refractivity contribution in [3.63, 3.8) is 0 Å². The Kier molecular flexibility index (Phi) is 5.51. The number of primary amides is 1. The van der Waals surface area contributed by atoms with Crippen molar-refractivity contribution < 1.29 is 14.7 Å². The number of carbonyl (C=O) groups is 2. The maximum absolute atomic E-state index is 12.3. The van der Waals surface area contributed by atoms with Gasteiger partial charge in [0.1, 0.15) is 5.54 Å². The molecule has 0 bridgehead atoms. The number of aliphatic hydroxyl groups excluding tert-OH is 1. The second-order valence-corrected chi connectivity index (χ2v) is 5.27. The first-order valence-corrected chi connectivity index (χ1v) is 6.60. The van der Waals surface area contributed by atoms with E-state index < -0.39 is 17.4 Å². The van der Waals surface area contributed by atoms with Gasteiger partial charge in [0.05, 0.1) is 12.2 Å². The molecule has 2 amide bonds. The van der Waals surface area contributed by atoms with E-state index in [0.717, 1.165) is 5.56 Å². The fourth-order valence-electron chi connectivity index (χ4n) is 1.58. The van der Waals surface area contributed by atoms with Crippen molar-refractivity contribution in [2.45, 2.75) is 32.7 Å². The van der Waals surface area contributed by atoms with E-state index >= 15 is 0 Å². The molecule has 0 aromatic heterocycles. The van der Waals surface area contributed by atoms with Crippen LogP contribution in [0.2, 0.25) is 0 Å². The second-order valence-electron chi connectivity index (χ2n) is 5.27. The lowest BCUT2D eigenvalue weighted by Crippen LogP contribution is -2.53. The molecule has 4 N–H and O–H groups in total. The summed E-state index contributed by atoms with van der Waals surface area (Å²) in [4.78, 5) is 23.6. The first kappa shape index (κ1) is 16.7. The molecule has 5 nitrogen and oxygen atoms in total. The van der Waals surface area contributed by atoms with Gasteiger partial charge in [0, 0.05) is 12.0 Å². The Morgan fingerprint density at radius 3 is 2.62 bits per heavy atom. The Balaban J connectivity index is 3.11. The largest absolute Gasteiger partial charge is 0.395 e. The van der Waals surface area contributed by atoms with Crippen molar-refractivity contribution in [2.75, 3.05) is 6.61 Å². The molecule has 1 aromatic rings. The molecule has 112 valence electrons. The van der Waals surface area contributed by atoms with Crippen LogP contribution in [-0.2, 0) is 4.79 Å². The summed E-state index contributed by atoms with van der Waals surface area (Å²) in [7, 11) is 0. The highest BCUT2D eigenvalue weighted by Gasteiger charge is 2.28. The van der Waals surface area contributed by atoms with Crippen LogP contribution in [0.4, 0.5) is 0 Å². The molecule has 21 heavy (non-hydrogen) atoms. The summed E-state index contributed by atoms with van der Waals surface area (Å²) in [6, 6.07) is 5.29. The van der Waals surface area contributed by atoms with E-state index in [1.807, 2.05) is 13.0 Å². The van der Waals surface area contributed by atoms with Crippen molar-refractivity contribution in [1.29, 1.82) is 0 Å². The fraction of sp³-hybridized carbons (Fsp3) is 0.375. The van der Waals surface area contributed by atoms with Gasteiger partial charge in [0.15, 0.2) is 0 Å². The van der Waals surface area contributed by atoms with Crippen LogP contribution in [0.3, 0.4) is 0 Å². The van der Waals surface area contributed by atoms with Gasteiger partial charge < -0.3 is 16.2 Å². The molecular weight excluding hydrogens is 268 g/mol. The molecule has 0 saturated heterocycles. The monoisotopic (exact) mass is 288 g/mol. The summed E-state index contributed by atoms with van der Waals surface area (Å²) in [5, 5.41) is 11.3. The summed E-state index contributed by atoms with van der Waals surface area (Å²) in [5.74, 6) is 4.61. The molecule has 0 radical (unpaired) electrons. The summed E-state index contributed by atoms with van der Waals surface area (Å²) in [5.41, 5.74) is 5.95. The minimum Gasteiger partial charge on any atom is -0.395 e.